The molecule has 6 aromatic rings. The SMILES string of the molecule is COc1cccc(NC(=O)C(Sc2cccc(NC(=O)/C(=C\c3cccc4ccccc34)NC(=O)c3ccccc3)c2)c2ccccc2)c1. The lowest BCUT2D eigenvalue weighted by Gasteiger charge is -2.18. The Morgan fingerprint density at radius 1 is 0.673 bits per heavy atom. The van der Waals surface area contributed by atoms with Crippen LogP contribution in [0.2, 0.25) is 0 Å². The highest BCUT2D eigenvalue weighted by molar-refractivity contribution is 8.00. The Kier molecular flexibility index (Phi) is 10.5. The number of hydrogen-bond acceptors (Lipinski definition) is 5. The van der Waals surface area contributed by atoms with E-state index in [1.54, 1.807) is 49.6 Å². The second-order valence-corrected chi connectivity index (χ2v) is 12.2. The highest BCUT2D eigenvalue weighted by Gasteiger charge is 2.23. The van der Waals surface area contributed by atoms with Gasteiger partial charge in [0.2, 0.25) is 5.91 Å². The Hall–Kier alpha value is -6.12. The first-order valence-corrected chi connectivity index (χ1v) is 16.5. The molecule has 3 N–H and O–H groups in total. The predicted molar refractivity (Wildman–Crippen MR) is 198 cm³/mol. The first-order valence-electron chi connectivity index (χ1n) is 15.6. The van der Waals surface area contributed by atoms with Gasteiger partial charge < -0.3 is 20.7 Å². The number of rotatable bonds is 11. The molecular weight excluding hydrogens is 631 g/mol. The molecule has 0 saturated heterocycles. The van der Waals surface area contributed by atoms with Crippen LogP contribution in [0, 0.1) is 0 Å². The number of benzene rings is 6. The van der Waals surface area contributed by atoms with Crippen molar-refractivity contribution in [2.75, 3.05) is 17.7 Å². The quantitative estimate of drug-likeness (QED) is 0.0952. The summed E-state index contributed by atoms with van der Waals surface area (Å²) in [5.74, 6) is -0.462. The number of fused-ring (bicyclic) bond motifs is 1. The predicted octanol–water partition coefficient (Wildman–Crippen LogP) is 8.73. The third-order valence-corrected chi connectivity index (χ3v) is 8.92. The Balaban J connectivity index is 1.26. The molecule has 49 heavy (non-hydrogen) atoms. The minimum Gasteiger partial charge on any atom is -0.497 e. The summed E-state index contributed by atoms with van der Waals surface area (Å²) in [6.07, 6.45) is 1.69. The Bertz CT molecular complexity index is 2130. The maximum Gasteiger partial charge on any atom is 0.272 e. The fourth-order valence-electron chi connectivity index (χ4n) is 5.27. The van der Waals surface area contributed by atoms with Gasteiger partial charge in [0.05, 0.1) is 7.11 Å². The lowest BCUT2D eigenvalue weighted by atomic mass is 10.0. The molecule has 0 saturated carbocycles. The van der Waals surface area contributed by atoms with Crippen molar-refractivity contribution >= 4 is 57.7 Å². The molecule has 3 amide bonds. The largest absolute Gasteiger partial charge is 0.497 e. The van der Waals surface area contributed by atoms with Gasteiger partial charge in [-0.3, -0.25) is 14.4 Å². The molecule has 0 heterocycles. The number of carbonyl (C=O) groups is 3. The molecule has 242 valence electrons. The summed E-state index contributed by atoms with van der Waals surface area (Å²) in [6, 6.07) is 46.4. The van der Waals surface area contributed by atoms with Crippen LogP contribution in [0.3, 0.4) is 0 Å². The van der Waals surface area contributed by atoms with Gasteiger partial charge in [-0.1, -0.05) is 103 Å². The van der Waals surface area contributed by atoms with Crippen LogP contribution in [0.5, 0.6) is 5.75 Å². The zero-order chi connectivity index (χ0) is 34.0. The number of methoxy groups -OCH3 is 1. The van der Waals surface area contributed by atoms with E-state index in [0.29, 0.717) is 22.7 Å². The molecule has 6 aromatic carbocycles. The molecule has 1 unspecified atom stereocenters. The summed E-state index contributed by atoms with van der Waals surface area (Å²) in [5.41, 5.74) is 3.25. The van der Waals surface area contributed by atoms with E-state index < -0.39 is 17.1 Å². The summed E-state index contributed by atoms with van der Waals surface area (Å²) >= 11 is 1.36. The first-order chi connectivity index (χ1) is 24.0. The number of ether oxygens (including phenoxy) is 1. The van der Waals surface area contributed by atoms with Gasteiger partial charge in [0, 0.05) is 27.9 Å². The van der Waals surface area contributed by atoms with Gasteiger partial charge in [-0.2, -0.15) is 0 Å². The third-order valence-electron chi connectivity index (χ3n) is 7.68. The minimum absolute atomic E-state index is 0.0862. The lowest BCUT2D eigenvalue weighted by molar-refractivity contribution is -0.116. The average Bonchev–Trinajstić information content (AvgIpc) is 3.14. The molecule has 8 heteroatoms. The summed E-state index contributed by atoms with van der Waals surface area (Å²) in [4.78, 5) is 41.5. The third kappa shape index (κ3) is 8.43. The number of carbonyl (C=O) groups excluding carboxylic acids is 3. The fraction of sp³-hybridized carbons (Fsp3) is 0.0488. The maximum absolute atomic E-state index is 13.9. The number of anilines is 2. The van der Waals surface area contributed by atoms with Crippen molar-refractivity contribution < 1.29 is 19.1 Å². The van der Waals surface area contributed by atoms with Crippen molar-refractivity contribution in [1.29, 1.82) is 0 Å². The molecule has 6 rings (SSSR count). The molecule has 0 aromatic heterocycles. The van der Waals surface area contributed by atoms with Gasteiger partial charge in [0.1, 0.15) is 16.7 Å². The van der Waals surface area contributed by atoms with Crippen LogP contribution in [-0.4, -0.2) is 24.8 Å². The van der Waals surface area contributed by atoms with Gasteiger partial charge in [-0.05, 0) is 70.4 Å². The molecule has 0 aliphatic carbocycles. The van der Waals surface area contributed by atoms with Crippen LogP contribution in [-0.2, 0) is 9.59 Å². The molecule has 0 aliphatic heterocycles. The summed E-state index contributed by atoms with van der Waals surface area (Å²) < 4.78 is 5.32. The number of thioether (sulfide) groups is 1. The van der Waals surface area contributed by atoms with Crippen molar-refractivity contribution in [3.63, 3.8) is 0 Å². The molecule has 0 spiro atoms. The van der Waals surface area contributed by atoms with E-state index in [-0.39, 0.29) is 11.6 Å². The maximum atomic E-state index is 13.9. The smallest absolute Gasteiger partial charge is 0.272 e. The Labute approximate surface area is 289 Å². The van der Waals surface area contributed by atoms with E-state index in [1.165, 1.54) is 11.8 Å². The van der Waals surface area contributed by atoms with E-state index in [1.807, 2.05) is 115 Å². The normalized spacial score (nSPS) is 11.7. The topological polar surface area (TPSA) is 96.5 Å². The van der Waals surface area contributed by atoms with Crippen LogP contribution in [0.15, 0.2) is 162 Å². The second kappa shape index (κ2) is 15.6. The Morgan fingerprint density at radius 2 is 1.33 bits per heavy atom. The highest BCUT2D eigenvalue weighted by atomic mass is 32.2. The molecular formula is C41H33N3O4S. The standard InChI is InChI=1S/C41H33N3O4S/c1-48-34-22-11-20-32(26-34)43-41(47)38(29-14-4-2-5-15-29)49-35-23-12-21-33(27-35)42-40(46)37(44-39(45)30-16-6-3-7-17-30)25-31-19-10-18-28-13-8-9-24-36(28)31/h2-27,38H,1H3,(H,42,46)(H,43,47)(H,44,45)/b37-25+. The van der Waals surface area contributed by atoms with Crippen molar-refractivity contribution in [3.8, 4) is 5.75 Å². The van der Waals surface area contributed by atoms with E-state index in [4.69, 9.17) is 4.74 Å². The first kappa shape index (κ1) is 32.8. The van der Waals surface area contributed by atoms with Crippen molar-refractivity contribution in [1.82, 2.24) is 5.32 Å². The zero-order valence-corrected chi connectivity index (χ0v) is 27.4. The monoisotopic (exact) mass is 663 g/mol. The molecule has 0 radical (unpaired) electrons. The van der Waals surface area contributed by atoms with E-state index in [0.717, 1.165) is 26.8 Å². The van der Waals surface area contributed by atoms with Crippen LogP contribution in [0.1, 0.15) is 26.7 Å². The van der Waals surface area contributed by atoms with Gasteiger partial charge in [0.15, 0.2) is 0 Å². The number of nitrogens with one attached hydrogen (secondary N) is 3. The molecule has 0 aliphatic rings. The van der Waals surface area contributed by atoms with Gasteiger partial charge >= 0.3 is 0 Å². The minimum atomic E-state index is -0.592. The summed E-state index contributed by atoms with van der Waals surface area (Å²) in [5, 5.41) is 10.2. The summed E-state index contributed by atoms with van der Waals surface area (Å²) in [6.45, 7) is 0. The van der Waals surface area contributed by atoms with Crippen LogP contribution in [0.25, 0.3) is 16.8 Å². The van der Waals surface area contributed by atoms with Crippen molar-refractivity contribution in [2.45, 2.75) is 10.1 Å². The van der Waals surface area contributed by atoms with Gasteiger partial charge in [-0.15, -0.1) is 11.8 Å². The average molecular weight is 664 g/mol. The number of hydrogen-bond donors (Lipinski definition) is 3. The van der Waals surface area contributed by atoms with E-state index in [9.17, 15) is 14.4 Å². The summed E-state index contributed by atoms with van der Waals surface area (Å²) in [7, 11) is 1.58. The van der Waals surface area contributed by atoms with Gasteiger partial charge in [-0.25, -0.2) is 0 Å². The molecule has 1 atom stereocenters. The highest BCUT2D eigenvalue weighted by Crippen LogP contribution is 2.37. The van der Waals surface area contributed by atoms with Crippen LogP contribution in [0.4, 0.5) is 11.4 Å². The molecule has 0 bridgehead atoms. The van der Waals surface area contributed by atoms with Crippen molar-refractivity contribution in [2.24, 2.45) is 0 Å². The van der Waals surface area contributed by atoms with Crippen LogP contribution < -0.4 is 20.7 Å². The fourth-order valence-corrected chi connectivity index (χ4v) is 6.35. The molecule has 7 nitrogen and oxygen atoms in total. The van der Waals surface area contributed by atoms with Crippen molar-refractivity contribution in [3.05, 3.63) is 174 Å². The molecule has 0 fully saturated rings. The lowest BCUT2D eigenvalue weighted by Crippen LogP contribution is -2.30. The number of amides is 3. The van der Waals surface area contributed by atoms with E-state index in [2.05, 4.69) is 16.0 Å². The second-order valence-electron chi connectivity index (χ2n) is 11.1. The van der Waals surface area contributed by atoms with E-state index >= 15 is 0 Å². The Morgan fingerprint density at radius 3 is 2.10 bits per heavy atom. The van der Waals surface area contributed by atoms with Gasteiger partial charge in [0.25, 0.3) is 11.8 Å². The zero-order valence-electron chi connectivity index (χ0n) is 26.6. The van der Waals surface area contributed by atoms with Crippen LogP contribution >= 0.6 is 11.8 Å².